The van der Waals surface area contributed by atoms with E-state index in [1.807, 2.05) is 0 Å². The van der Waals surface area contributed by atoms with E-state index in [2.05, 4.69) is 4.74 Å². The van der Waals surface area contributed by atoms with Crippen LogP contribution >= 0.6 is 11.6 Å². The van der Waals surface area contributed by atoms with Gasteiger partial charge in [-0.3, -0.25) is 0 Å². The Balaban J connectivity index is 2.77. The van der Waals surface area contributed by atoms with Crippen molar-refractivity contribution in [2.75, 3.05) is 6.26 Å². The summed E-state index contributed by atoms with van der Waals surface area (Å²) in [6, 6.07) is 6.03. The molecule has 0 atom stereocenters. The predicted octanol–water partition coefficient (Wildman–Crippen LogP) is 1.97. The molecule has 0 fully saturated rings. The molecule has 4 nitrogen and oxygen atoms in total. The van der Waals surface area contributed by atoms with Crippen LogP contribution in [0.1, 0.15) is 5.56 Å². The molecular weight excluding hydrogens is 240 g/mol. The first kappa shape index (κ1) is 12.0. The number of halogens is 1. The Morgan fingerprint density at radius 3 is 2.27 bits per heavy atom. The van der Waals surface area contributed by atoms with Gasteiger partial charge in [0.1, 0.15) is 6.61 Å². The standard InChI is InChI=1S/C9H9ClO4S/c1-15(12,13)8-4-2-7(3-5-8)6-14-9(10)11/h2-5H,6H2,1H3. The van der Waals surface area contributed by atoms with E-state index < -0.39 is 15.3 Å². The summed E-state index contributed by atoms with van der Waals surface area (Å²) in [4.78, 5) is 10.5. The lowest BCUT2D eigenvalue weighted by Crippen LogP contribution is -1.98. The number of sulfone groups is 1. The Hall–Kier alpha value is -1.07. The zero-order chi connectivity index (χ0) is 11.5. The highest BCUT2D eigenvalue weighted by atomic mass is 35.5. The van der Waals surface area contributed by atoms with E-state index in [1.54, 1.807) is 12.1 Å². The largest absolute Gasteiger partial charge is 0.449 e. The molecule has 0 unspecified atom stereocenters. The molecule has 0 radical (unpaired) electrons. The number of carbonyl (C=O) groups excluding carboxylic acids is 1. The molecule has 0 saturated heterocycles. The molecule has 0 aromatic heterocycles. The first-order chi connectivity index (χ1) is 6.89. The number of benzene rings is 1. The highest BCUT2D eigenvalue weighted by Gasteiger charge is 2.06. The van der Waals surface area contributed by atoms with Gasteiger partial charge in [0.2, 0.25) is 0 Å². The third-order valence-electron chi connectivity index (χ3n) is 1.70. The van der Waals surface area contributed by atoms with Crippen LogP contribution in [0.2, 0.25) is 0 Å². The maximum absolute atomic E-state index is 11.1. The Morgan fingerprint density at radius 2 is 1.87 bits per heavy atom. The molecular formula is C9H9ClO4S. The summed E-state index contributed by atoms with van der Waals surface area (Å²) >= 11 is 4.97. The minimum absolute atomic E-state index is 0.0341. The van der Waals surface area contributed by atoms with Crippen LogP contribution in [-0.4, -0.2) is 20.1 Å². The van der Waals surface area contributed by atoms with Crippen LogP contribution in [0.4, 0.5) is 4.79 Å². The van der Waals surface area contributed by atoms with E-state index in [0.717, 1.165) is 6.26 Å². The van der Waals surface area contributed by atoms with Gasteiger partial charge in [0, 0.05) is 17.9 Å². The van der Waals surface area contributed by atoms with Gasteiger partial charge < -0.3 is 4.74 Å². The second kappa shape index (κ2) is 4.63. The van der Waals surface area contributed by atoms with Gasteiger partial charge in [0.05, 0.1) is 4.90 Å². The van der Waals surface area contributed by atoms with Crippen LogP contribution in [-0.2, 0) is 21.2 Å². The topological polar surface area (TPSA) is 60.4 Å². The zero-order valence-corrected chi connectivity index (χ0v) is 9.51. The summed E-state index contributed by atoms with van der Waals surface area (Å²) in [5.74, 6) is 0. The first-order valence-electron chi connectivity index (χ1n) is 4.01. The van der Waals surface area contributed by atoms with E-state index in [9.17, 15) is 13.2 Å². The van der Waals surface area contributed by atoms with Crippen LogP contribution in [0.5, 0.6) is 0 Å². The van der Waals surface area contributed by atoms with Crippen LogP contribution in [0.3, 0.4) is 0 Å². The second-order valence-corrected chi connectivity index (χ2v) is 5.27. The van der Waals surface area contributed by atoms with E-state index in [0.29, 0.717) is 5.56 Å². The van der Waals surface area contributed by atoms with Crippen molar-refractivity contribution in [3.8, 4) is 0 Å². The Bertz CT molecular complexity index is 450. The smallest absolute Gasteiger partial charge is 0.404 e. The molecule has 0 N–H and O–H groups in total. The molecule has 82 valence electrons. The summed E-state index contributed by atoms with van der Waals surface area (Å²) < 4.78 is 26.7. The Morgan fingerprint density at radius 1 is 1.33 bits per heavy atom. The van der Waals surface area contributed by atoms with Gasteiger partial charge in [-0.1, -0.05) is 12.1 Å². The van der Waals surface area contributed by atoms with Crippen LogP contribution in [0.15, 0.2) is 29.2 Å². The fourth-order valence-electron chi connectivity index (χ4n) is 0.973. The van der Waals surface area contributed by atoms with Crippen LogP contribution < -0.4 is 0 Å². The van der Waals surface area contributed by atoms with Crippen molar-refractivity contribution >= 4 is 26.9 Å². The lowest BCUT2D eigenvalue weighted by molar-refractivity contribution is 0.167. The van der Waals surface area contributed by atoms with Crippen LogP contribution in [0.25, 0.3) is 0 Å². The molecule has 0 spiro atoms. The second-order valence-electron chi connectivity index (χ2n) is 2.94. The molecule has 0 bridgehead atoms. The molecule has 0 aliphatic heterocycles. The Labute approximate surface area is 92.7 Å². The molecule has 1 aromatic rings. The van der Waals surface area contributed by atoms with Gasteiger partial charge in [-0.25, -0.2) is 13.2 Å². The van der Waals surface area contributed by atoms with Crippen molar-refractivity contribution in [1.82, 2.24) is 0 Å². The number of hydrogen-bond donors (Lipinski definition) is 0. The molecule has 0 aliphatic carbocycles. The van der Waals surface area contributed by atoms with Crippen molar-refractivity contribution in [3.05, 3.63) is 29.8 Å². The minimum Gasteiger partial charge on any atom is -0.449 e. The summed E-state index contributed by atoms with van der Waals surface area (Å²) in [6.07, 6.45) is 1.13. The van der Waals surface area contributed by atoms with Crippen molar-refractivity contribution in [2.24, 2.45) is 0 Å². The molecule has 6 heteroatoms. The van der Waals surface area contributed by atoms with Crippen LogP contribution in [0, 0.1) is 0 Å². The van der Waals surface area contributed by atoms with Gasteiger partial charge >= 0.3 is 5.43 Å². The summed E-state index contributed by atoms with van der Waals surface area (Å²) in [6.45, 7) is 0.0341. The number of ether oxygens (including phenoxy) is 1. The van der Waals surface area contributed by atoms with E-state index >= 15 is 0 Å². The van der Waals surface area contributed by atoms with Crippen molar-refractivity contribution in [2.45, 2.75) is 11.5 Å². The van der Waals surface area contributed by atoms with E-state index in [1.165, 1.54) is 12.1 Å². The van der Waals surface area contributed by atoms with Gasteiger partial charge in [0.15, 0.2) is 9.84 Å². The average Bonchev–Trinajstić information content (AvgIpc) is 2.14. The maximum Gasteiger partial charge on any atom is 0.404 e. The fourth-order valence-corrected chi connectivity index (χ4v) is 1.66. The van der Waals surface area contributed by atoms with Gasteiger partial charge in [-0.15, -0.1) is 0 Å². The molecule has 0 heterocycles. The third-order valence-corrected chi connectivity index (χ3v) is 2.94. The quantitative estimate of drug-likeness (QED) is 0.768. The average molecular weight is 249 g/mol. The molecule has 15 heavy (non-hydrogen) atoms. The highest BCUT2D eigenvalue weighted by Crippen LogP contribution is 2.11. The molecule has 0 saturated carbocycles. The lowest BCUT2D eigenvalue weighted by atomic mass is 10.2. The molecule has 0 amide bonds. The van der Waals surface area contributed by atoms with Gasteiger partial charge in [0.25, 0.3) is 0 Å². The summed E-state index contributed by atoms with van der Waals surface area (Å²) in [7, 11) is -3.18. The SMILES string of the molecule is CS(=O)(=O)c1ccc(COC(=O)Cl)cc1. The number of carbonyl (C=O) groups is 1. The monoisotopic (exact) mass is 248 g/mol. The normalized spacial score (nSPS) is 11.1. The maximum atomic E-state index is 11.1. The number of hydrogen-bond acceptors (Lipinski definition) is 4. The molecule has 1 aromatic carbocycles. The molecule has 0 aliphatic rings. The number of rotatable bonds is 3. The minimum atomic E-state index is -3.18. The van der Waals surface area contributed by atoms with Crippen molar-refractivity contribution < 1.29 is 17.9 Å². The summed E-state index contributed by atoms with van der Waals surface area (Å²) in [5.41, 5.74) is -0.210. The third kappa shape index (κ3) is 3.89. The molecule has 1 rings (SSSR count). The summed E-state index contributed by atoms with van der Waals surface area (Å²) in [5, 5.41) is 0. The van der Waals surface area contributed by atoms with E-state index in [-0.39, 0.29) is 11.5 Å². The first-order valence-corrected chi connectivity index (χ1v) is 6.28. The van der Waals surface area contributed by atoms with E-state index in [4.69, 9.17) is 11.6 Å². The highest BCUT2D eigenvalue weighted by molar-refractivity contribution is 7.90. The lowest BCUT2D eigenvalue weighted by Gasteiger charge is -2.02. The van der Waals surface area contributed by atoms with Crippen molar-refractivity contribution in [3.63, 3.8) is 0 Å². The zero-order valence-electron chi connectivity index (χ0n) is 7.94. The van der Waals surface area contributed by atoms with Gasteiger partial charge in [-0.2, -0.15) is 0 Å². The fraction of sp³-hybridized carbons (Fsp3) is 0.222. The van der Waals surface area contributed by atoms with Gasteiger partial charge in [-0.05, 0) is 17.7 Å². The van der Waals surface area contributed by atoms with Crippen molar-refractivity contribution in [1.29, 1.82) is 0 Å². The predicted molar refractivity (Wildman–Crippen MR) is 55.6 cm³/mol. The Kier molecular flexibility index (Phi) is 3.71.